The molecule has 1 aliphatic heterocycles. The number of carbonyl (C=O) groups is 2. The van der Waals surface area contributed by atoms with Gasteiger partial charge < -0.3 is 15.0 Å². The van der Waals surface area contributed by atoms with Crippen LogP contribution in [0, 0.1) is 0 Å². The molecular weight excluding hydrogens is 268 g/mol. The topological polar surface area (TPSA) is 58.6 Å². The van der Waals surface area contributed by atoms with Crippen molar-refractivity contribution in [1.29, 1.82) is 0 Å². The predicted octanol–water partition coefficient (Wildman–Crippen LogP) is 1.85. The molecule has 2 aliphatic rings. The van der Waals surface area contributed by atoms with Crippen LogP contribution in [-0.2, 0) is 14.3 Å². The largest absolute Gasteiger partial charge is 0.374 e. The van der Waals surface area contributed by atoms with Crippen LogP contribution in [0.5, 0.6) is 0 Å². The van der Waals surface area contributed by atoms with Crippen LogP contribution in [0.25, 0.3) is 0 Å². The lowest BCUT2D eigenvalue weighted by Crippen LogP contribution is -2.56. The molecule has 1 saturated carbocycles. The quantitative estimate of drug-likeness (QED) is 0.864. The molecule has 1 N–H and O–H groups in total. The first kappa shape index (κ1) is 16.3. The summed E-state index contributed by atoms with van der Waals surface area (Å²) < 4.78 is 5.75. The number of nitrogens with one attached hydrogen (secondary N) is 1. The first-order valence-corrected chi connectivity index (χ1v) is 8.00. The van der Waals surface area contributed by atoms with Crippen molar-refractivity contribution in [3.05, 3.63) is 0 Å². The van der Waals surface area contributed by atoms with Crippen molar-refractivity contribution < 1.29 is 14.3 Å². The number of carbonyl (C=O) groups excluding carboxylic acids is 2. The Kier molecular flexibility index (Phi) is 4.61. The maximum absolute atomic E-state index is 12.9. The van der Waals surface area contributed by atoms with Crippen molar-refractivity contribution in [3.63, 3.8) is 0 Å². The van der Waals surface area contributed by atoms with Gasteiger partial charge in [0.1, 0.15) is 5.54 Å². The zero-order valence-corrected chi connectivity index (χ0v) is 13.7. The third-order valence-corrected chi connectivity index (χ3v) is 4.39. The van der Waals surface area contributed by atoms with Crippen LogP contribution in [0.1, 0.15) is 59.8 Å². The SMILES string of the molecule is CC1CC(=O)NC2(CCCC2)C(=O)N1CCOC(C)(C)C. The number of rotatable bonds is 3. The second-order valence-corrected chi connectivity index (χ2v) is 7.35. The normalized spacial score (nSPS) is 26.1. The van der Waals surface area contributed by atoms with E-state index in [1.807, 2.05) is 32.6 Å². The summed E-state index contributed by atoms with van der Waals surface area (Å²) in [6.07, 6.45) is 3.92. The maximum atomic E-state index is 12.9. The number of ether oxygens (including phenoxy) is 1. The van der Waals surface area contributed by atoms with E-state index < -0.39 is 5.54 Å². The highest BCUT2D eigenvalue weighted by atomic mass is 16.5. The molecule has 1 unspecified atom stereocenters. The highest BCUT2D eigenvalue weighted by molar-refractivity contribution is 5.94. The van der Waals surface area contributed by atoms with Crippen LogP contribution in [0.3, 0.4) is 0 Å². The van der Waals surface area contributed by atoms with Crippen molar-refractivity contribution in [1.82, 2.24) is 10.2 Å². The average molecular weight is 296 g/mol. The summed E-state index contributed by atoms with van der Waals surface area (Å²) in [5, 5.41) is 3.00. The van der Waals surface area contributed by atoms with E-state index in [4.69, 9.17) is 4.74 Å². The van der Waals surface area contributed by atoms with E-state index in [0.29, 0.717) is 19.6 Å². The Balaban J connectivity index is 2.09. The Morgan fingerprint density at radius 2 is 1.90 bits per heavy atom. The van der Waals surface area contributed by atoms with Gasteiger partial charge in [-0.15, -0.1) is 0 Å². The summed E-state index contributed by atoms with van der Waals surface area (Å²) in [7, 11) is 0. The van der Waals surface area contributed by atoms with E-state index in [1.165, 1.54) is 0 Å². The molecule has 1 spiro atoms. The molecule has 0 aromatic carbocycles. The van der Waals surface area contributed by atoms with Crippen LogP contribution in [0.2, 0.25) is 0 Å². The third kappa shape index (κ3) is 3.76. The van der Waals surface area contributed by atoms with Crippen molar-refractivity contribution in [2.24, 2.45) is 0 Å². The Morgan fingerprint density at radius 3 is 2.48 bits per heavy atom. The Bertz CT molecular complexity index is 408. The molecule has 0 aromatic heterocycles. The minimum Gasteiger partial charge on any atom is -0.374 e. The summed E-state index contributed by atoms with van der Waals surface area (Å²) in [4.78, 5) is 26.8. The predicted molar refractivity (Wildman–Crippen MR) is 80.8 cm³/mol. The first-order valence-electron chi connectivity index (χ1n) is 8.00. The van der Waals surface area contributed by atoms with Gasteiger partial charge in [-0.3, -0.25) is 9.59 Å². The van der Waals surface area contributed by atoms with Gasteiger partial charge in [0.05, 0.1) is 12.2 Å². The number of hydrogen-bond acceptors (Lipinski definition) is 3. The van der Waals surface area contributed by atoms with E-state index in [1.54, 1.807) is 0 Å². The summed E-state index contributed by atoms with van der Waals surface area (Å²) in [5.74, 6) is 0.0767. The van der Waals surface area contributed by atoms with Gasteiger partial charge in [-0.2, -0.15) is 0 Å². The van der Waals surface area contributed by atoms with E-state index >= 15 is 0 Å². The van der Waals surface area contributed by atoms with Gasteiger partial charge >= 0.3 is 0 Å². The Morgan fingerprint density at radius 1 is 1.29 bits per heavy atom. The monoisotopic (exact) mass is 296 g/mol. The second kappa shape index (κ2) is 5.95. The van der Waals surface area contributed by atoms with E-state index in [2.05, 4.69) is 5.32 Å². The number of nitrogens with zero attached hydrogens (tertiary/aromatic N) is 1. The molecular formula is C16H28N2O3. The number of hydrogen-bond donors (Lipinski definition) is 1. The van der Waals surface area contributed by atoms with Gasteiger partial charge in [0, 0.05) is 19.0 Å². The molecule has 1 atom stereocenters. The van der Waals surface area contributed by atoms with Crippen LogP contribution in [-0.4, -0.2) is 47.0 Å². The van der Waals surface area contributed by atoms with Gasteiger partial charge in [0.25, 0.3) is 0 Å². The fourth-order valence-electron chi connectivity index (χ4n) is 3.31. The van der Waals surface area contributed by atoms with Crippen LogP contribution >= 0.6 is 0 Å². The van der Waals surface area contributed by atoms with Crippen molar-refractivity contribution in [2.45, 2.75) is 77.0 Å². The van der Waals surface area contributed by atoms with Gasteiger partial charge in [0.2, 0.25) is 11.8 Å². The van der Waals surface area contributed by atoms with Gasteiger partial charge in [-0.05, 0) is 40.5 Å². The molecule has 1 saturated heterocycles. The zero-order valence-electron chi connectivity index (χ0n) is 13.7. The minimum atomic E-state index is -0.649. The Hall–Kier alpha value is -1.10. The van der Waals surface area contributed by atoms with Crippen LogP contribution in [0.15, 0.2) is 0 Å². The van der Waals surface area contributed by atoms with Crippen molar-refractivity contribution >= 4 is 11.8 Å². The van der Waals surface area contributed by atoms with Crippen molar-refractivity contribution in [2.75, 3.05) is 13.2 Å². The molecule has 120 valence electrons. The third-order valence-electron chi connectivity index (χ3n) is 4.39. The molecule has 0 radical (unpaired) electrons. The molecule has 2 rings (SSSR count). The van der Waals surface area contributed by atoms with E-state index in [9.17, 15) is 9.59 Å². The molecule has 2 fully saturated rings. The molecule has 1 aliphatic carbocycles. The van der Waals surface area contributed by atoms with Gasteiger partial charge in [0.15, 0.2) is 0 Å². The summed E-state index contributed by atoms with van der Waals surface area (Å²) in [6, 6.07) is -0.0685. The van der Waals surface area contributed by atoms with Crippen molar-refractivity contribution in [3.8, 4) is 0 Å². The van der Waals surface area contributed by atoms with E-state index in [-0.39, 0.29) is 23.5 Å². The zero-order chi connectivity index (χ0) is 15.7. The second-order valence-electron chi connectivity index (χ2n) is 7.35. The molecule has 5 nitrogen and oxygen atoms in total. The van der Waals surface area contributed by atoms with Crippen LogP contribution in [0.4, 0.5) is 0 Å². The molecule has 21 heavy (non-hydrogen) atoms. The molecule has 0 aromatic rings. The standard InChI is InChI=1S/C16H28N2O3/c1-12-11-13(19)17-16(7-5-6-8-16)14(20)18(12)9-10-21-15(2,3)4/h12H,5-11H2,1-4H3,(H,17,19). The summed E-state index contributed by atoms with van der Waals surface area (Å²) in [6.45, 7) is 9.01. The highest BCUT2D eigenvalue weighted by Gasteiger charge is 2.47. The smallest absolute Gasteiger partial charge is 0.248 e. The fraction of sp³-hybridized carbons (Fsp3) is 0.875. The van der Waals surface area contributed by atoms with E-state index in [0.717, 1.165) is 25.7 Å². The summed E-state index contributed by atoms with van der Waals surface area (Å²) >= 11 is 0. The average Bonchev–Trinajstić information content (AvgIpc) is 2.78. The molecule has 2 amide bonds. The van der Waals surface area contributed by atoms with Gasteiger partial charge in [-0.1, -0.05) is 12.8 Å². The lowest BCUT2D eigenvalue weighted by Gasteiger charge is -2.34. The lowest BCUT2D eigenvalue weighted by atomic mass is 9.95. The number of amides is 2. The molecule has 5 heteroatoms. The minimum absolute atomic E-state index is 0.00279. The lowest BCUT2D eigenvalue weighted by molar-refractivity contribution is -0.141. The highest BCUT2D eigenvalue weighted by Crippen LogP contribution is 2.34. The maximum Gasteiger partial charge on any atom is 0.248 e. The summed E-state index contributed by atoms with van der Waals surface area (Å²) in [5.41, 5.74) is -0.860. The Labute approximate surface area is 127 Å². The molecule has 0 bridgehead atoms. The fourth-order valence-corrected chi connectivity index (χ4v) is 3.31. The first-order chi connectivity index (χ1) is 9.73. The van der Waals surface area contributed by atoms with Crippen LogP contribution < -0.4 is 5.32 Å². The van der Waals surface area contributed by atoms with Gasteiger partial charge in [-0.25, -0.2) is 0 Å². The molecule has 1 heterocycles.